The van der Waals surface area contributed by atoms with Gasteiger partial charge in [0.1, 0.15) is 0 Å². The Balaban J connectivity index is 0.000000217. The zero-order chi connectivity index (χ0) is 37.7. The summed E-state index contributed by atoms with van der Waals surface area (Å²) >= 11 is 3.08. The molecule has 0 fully saturated rings. The summed E-state index contributed by atoms with van der Waals surface area (Å²) in [6.07, 6.45) is -2.02. The molecule has 2 N–H and O–H groups in total. The number of carbonyl (C=O) groups is 1. The van der Waals surface area contributed by atoms with E-state index < -0.39 is 15.2 Å². The van der Waals surface area contributed by atoms with Crippen LogP contribution in [0, 0.1) is 7.14 Å². The Kier molecular flexibility index (Phi) is 15.3. The Morgan fingerprint density at radius 2 is 0.941 bits per heavy atom. The summed E-state index contributed by atoms with van der Waals surface area (Å²) in [5, 5.41) is 10.5. The Bertz CT molecular complexity index is 1700. The van der Waals surface area contributed by atoms with E-state index in [4.69, 9.17) is 9.66 Å². The van der Waals surface area contributed by atoms with Crippen LogP contribution >= 0.6 is 0 Å². The average Bonchev–Trinajstić information content (AvgIpc) is 3.06. The van der Waals surface area contributed by atoms with Crippen LogP contribution in [0.25, 0.3) is 0 Å². The van der Waals surface area contributed by atoms with Gasteiger partial charge in [-0.3, -0.25) is 4.55 Å². The molecular weight excluding hydrogens is 826 g/mol. The molecule has 0 aliphatic carbocycles. The van der Waals surface area contributed by atoms with Crippen LogP contribution < -0.4 is 21.2 Å². The number of hydrogen-bond donors (Lipinski definition) is 2. The predicted molar refractivity (Wildman–Crippen MR) is 200 cm³/mol. The quantitative estimate of drug-likeness (QED) is 0.0538. The van der Waals surface area contributed by atoms with Gasteiger partial charge >= 0.3 is 27.4 Å². The first-order valence-corrected chi connectivity index (χ1v) is 21.7. The maximum absolute atomic E-state index is 11.7. The summed E-state index contributed by atoms with van der Waals surface area (Å²) in [6, 6.07) is 50.6. The van der Waals surface area contributed by atoms with Crippen molar-refractivity contribution in [2.24, 2.45) is 0 Å². The van der Waals surface area contributed by atoms with E-state index in [1.165, 1.54) is 33.0 Å². The predicted octanol–water partition coefficient (Wildman–Crippen LogP) is 8.04. The van der Waals surface area contributed by atoms with Gasteiger partial charge in [-0.25, -0.2) is 9.68 Å². The molecule has 0 bridgehead atoms. The largest absolute Gasteiger partial charge is 0.540 e. The highest BCUT2D eigenvalue weighted by Crippen LogP contribution is 2.30. The Morgan fingerprint density at radius 1 is 0.627 bits per heavy atom. The fourth-order valence-electron chi connectivity index (χ4n) is 4.32. The van der Waals surface area contributed by atoms with Crippen molar-refractivity contribution in [1.29, 1.82) is 0 Å². The third-order valence-corrected chi connectivity index (χ3v) is 12.2. The number of carboxylic acid groups (broad SMARTS) is 1. The summed E-state index contributed by atoms with van der Waals surface area (Å²) in [5.74, 6) is 0. The Labute approximate surface area is 317 Å². The Morgan fingerprint density at radius 3 is 1.20 bits per heavy atom. The van der Waals surface area contributed by atoms with Gasteiger partial charge in [-0.05, 0) is 87.0 Å². The first-order chi connectivity index (χ1) is 23.8. The van der Waals surface area contributed by atoms with Crippen molar-refractivity contribution >= 4 is 37.3 Å². The molecule has 0 unspecified atom stereocenters. The van der Waals surface area contributed by atoms with E-state index in [1.807, 2.05) is 0 Å². The molecule has 0 saturated carbocycles. The van der Waals surface area contributed by atoms with Gasteiger partial charge in [0.05, 0.1) is 31.1 Å². The standard InChI is InChI=1S/C20H26I.C18H15S.CH2F2O6S2/c1-19(2,3)15-7-11-17(12-8-15)21-18-13-9-16(10-14-18)20(4,5)6;1-4-10-16(11-5-1)19(17-12-6-2-7-13-17)18-14-8-3-9-15-18;2-11(3,6,10)9-8-7-1(4)5/h7-14H,1-6H3;1-15H;(H,4,5)(H,6,10)/q2*+1;. The first kappa shape index (κ1) is 42.2. The molecule has 0 saturated heterocycles. The van der Waals surface area contributed by atoms with Gasteiger partial charge in [0, 0.05) is 5.04 Å². The molecule has 5 rings (SSSR count). The fraction of sp³-hybridized carbons (Fsp3) is 0.205. The van der Waals surface area contributed by atoms with Crippen molar-refractivity contribution in [2.75, 3.05) is 0 Å². The molecule has 0 aromatic heterocycles. The molecule has 0 amide bonds. The molecule has 0 atom stereocenters. The SMILES string of the molecule is CC(C)(C)c1ccc([I+]c2ccc(C(C)(C)C)cc2)cc1.O=C(O)OOOS(O)(F)(F)=S.c1ccc([S+](c2ccccc2)c2ccccc2)cc1. The number of benzene rings is 5. The van der Waals surface area contributed by atoms with Gasteiger partial charge in [-0.1, -0.05) is 128 Å². The second kappa shape index (κ2) is 18.5. The highest BCUT2D eigenvalue weighted by atomic mass is 127. The van der Waals surface area contributed by atoms with E-state index in [0.717, 1.165) is 0 Å². The van der Waals surface area contributed by atoms with Crippen molar-refractivity contribution in [2.45, 2.75) is 67.1 Å². The monoisotopic (exact) mass is 868 g/mol. The molecule has 0 aliphatic rings. The lowest BCUT2D eigenvalue weighted by Gasteiger charge is -2.21. The van der Waals surface area contributed by atoms with Crippen molar-refractivity contribution in [3.8, 4) is 0 Å². The lowest BCUT2D eigenvalue weighted by Crippen LogP contribution is -3.61. The molecule has 0 aliphatic heterocycles. The summed E-state index contributed by atoms with van der Waals surface area (Å²) in [4.78, 5) is 16.5. The van der Waals surface area contributed by atoms with E-state index in [0.29, 0.717) is 0 Å². The van der Waals surface area contributed by atoms with Crippen LogP contribution in [0.5, 0.6) is 0 Å². The molecule has 6 nitrogen and oxygen atoms in total. The Hall–Kier alpha value is -3.24. The van der Waals surface area contributed by atoms with Crippen LogP contribution in [0.15, 0.2) is 154 Å². The highest BCUT2D eigenvalue weighted by Gasteiger charge is 2.28. The van der Waals surface area contributed by atoms with E-state index in [-0.39, 0.29) is 42.9 Å². The second-order valence-electron chi connectivity index (χ2n) is 13.0. The number of halogens is 3. The maximum Gasteiger partial charge on any atom is 0.540 e. The molecule has 12 heteroatoms. The summed E-state index contributed by atoms with van der Waals surface area (Å²) < 4.78 is 37.0. The molecule has 0 heterocycles. The summed E-state index contributed by atoms with van der Waals surface area (Å²) in [6.45, 7) is 13.6. The van der Waals surface area contributed by atoms with Crippen LogP contribution in [0.2, 0.25) is 0 Å². The molecule has 0 spiro atoms. The van der Waals surface area contributed by atoms with E-state index in [2.05, 4.69) is 207 Å². The normalized spacial score (nSPS) is 12.3. The lowest BCUT2D eigenvalue weighted by atomic mass is 9.87. The van der Waals surface area contributed by atoms with Crippen molar-refractivity contribution in [3.05, 3.63) is 158 Å². The molecule has 51 heavy (non-hydrogen) atoms. The smallest absolute Gasteiger partial charge is 0.448 e. The topological polar surface area (TPSA) is 85.2 Å². The van der Waals surface area contributed by atoms with Gasteiger partial charge in [0.25, 0.3) is 0 Å². The zero-order valence-corrected chi connectivity index (χ0v) is 33.8. The minimum absolute atomic E-state index is 0.0146. The fourth-order valence-corrected chi connectivity index (χ4v) is 8.76. The molecule has 5 aromatic carbocycles. The van der Waals surface area contributed by atoms with Crippen molar-refractivity contribution in [3.63, 3.8) is 0 Å². The second-order valence-corrected chi connectivity index (χ2v) is 21.1. The first-order valence-electron chi connectivity index (χ1n) is 15.7. The van der Waals surface area contributed by atoms with E-state index >= 15 is 0 Å². The zero-order valence-electron chi connectivity index (χ0n) is 29.2. The van der Waals surface area contributed by atoms with Crippen LogP contribution in [0.1, 0.15) is 52.7 Å². The van der Waals surface area contributed by atoms with Gasteiger partial charge in [0.2, 0.25) is 0 Å². The van der Waals surface area contributed by atoms with Crippen LogP contribution in [0.4, 0.5) is 12.6 Å². The van der Waals surface area contributed by atoms with Gasteiger partial charge in [-0.15, -0.1) is 0 Å². The molecular formula is C39H43F2IO6S3+2. The molecule has 5 aromatic rings. The van der Waals surface area contributed by atoms with Crippen molar-refractivity contribution < 1.29 is 57.7 Å². The highest BCUT2D eigenvalue weighted by molar-refractivity contribution is 8.40. The number of rotatable bonds is 8. The average molecular weight is 869 g/mol. The lowest BCUT2D eigenvalue weighted by molar-refractivity contribution is -0.597. The maximum atomic E-state index is 11.7. The minimum atomic E-state index is -6.48. The van der Waals surface area contributed by atoms with Crippen LogP contribution in [0.3, 0.4) is 0 Å². The molecule has 0 radical (unpaired) electrons. The van der Waals surface area contributed by atoms with Crippen molar-refractivity contribution in [1.82, 2.24) is 0 Å². The summed E-state index contributed by atoms with van der Waals surface area (Å²) in [5.41, 5.74) is 3.31. The van der Waals surface area contributed by atoms with Crippen LogP contribution in [-0.4, -0.2) is 15.8 Å². The third kappa shape index (κ3) is 15.9. The number of hydrogen-bond acceptors (Lipinski definition) is 5. The molecule has 272 valence electrons. The van der Waals surface area contributed by atoms with Crippen LogP contribution in [-0.2, 0) is 56.2 Å². The van der Waals surface area contributed by atoms with E-state index in [1.54, 1.807) is 0 Å². The van der Waals surface area contributed by atoms with E-state index in [9.17, 15) is 12.6 Å². The summed E-state index contributed by atoms with van der Waals surface area (Å²) in [7, 11) is -6.49. The van der Waals surface area contributed by atoms with Gasteiger partial charge in [0.15, 0.2) is 21.8 Å². The van der Waals surface area contributed by atoms with Gasteiger partial charge in [-0.2, -0.15) is 0 Å². The third-order valence-electron chi connectivity index (χ3n) is 6.82. The minimum Gasteiger partial charge on any atom is -0.448 e. The van der Waals surface area contributed by atoms with Gasteiger partial charge < -0.3 is 5.11 Å².